The summed E-state index contributed by atoms with van der Waals surface area (Å²) in [6.45, 7) is 4.43. The van der Waals surface area contributed by atoms with Crippen LogP contribution in [0.15, 0.2) is 24.3 Å². The van der Waals surface area contributed by atoms with Crippen LogP contribution in [0.4, 0.5) is 5.69 Å². The Balaban J connectivity index is 0.00000312. The Kier molecular flexibility index (Phi) is 8.39. The van der Waals surface area contributed by atoms with Gasteiger partial charge in [-0.15, -0.1) is 12.4 Å². The van der Waals surface area contributed by atoms with E-state index in [0.29, 0.717) is 13.0 Å². The summed E-state index contributed by atoms with van der Waals surface area (Å²) in [7, 11) is 0. The zero-order chi connectivity index (χ0) is 17.6. The van der Waals surface area contributed by atoms with Crippen molar-refractivity contribution in [1.82, 2.24) is 5.32 Å². The number of rotatable bonds is 6. The maximum absolute atomic E-state index is 12.4. The third kappa shape index (κ3) is 6.33. The van der Waals surface area contributed by atoms with Crippen molar-refractivity contribution in [2.24, 2.45) is 11.7 Å². The Morgan fingerprint density at radius 3 is 2.52 bits per heavy atom. The van der Waals surface area contributed by atoms with E-state index < -0.39 is 5.54 Å². The summed E-state index contributed by atoms with van der Waals surface area (Å²) >= 11 is 0. The molecule has 5 nitrogen and oxygen atoms in total. The van der Waals surface area contributed by atoms with Gasteiger partial charge in [0.15, 0.2) is 0 Å². The van der Waals surface area contributed by atoms with E-state index in [9.17, 15) is 9.59 Å². The van der Waals surface area contributed by atoms with Gasteiger partial charge in [0.2, 0.25) is 11.8 Å². The van der Waals surface area contributed by atoms with E-state index in [0.717, 1.165) is 43.4 Å². The maximum Gasteiger partial charge on any atom is 0.225 e. The lowest BCUT2D eigenvalue weighted by Crippen LogP contribution is -2.52. The molecule has 2 rings (SSSR count). The van der Waals surface area contributed by atoms with Crippen LogP contribution in [0.2, 0.25) is 0 Å². The van der Waals surface area contributed by atoms with Crippen LogP contribution in [0.3, 0.4) is 0 Å². The number of anilines is 1. The van der Waals surface area contributed by atoms with Crippen molar-refractivity contribution in [1.29, 1.82) is 0 Å². The molecule has 1 fully saturated rings. The largest absolute Gasteiger partial charge is 0.352 e. The predicted molar refractivity (Wildman–Crippen MR) is 104 cm³/mol. The molecule has 2 atom stereocenters. The summed E-state index contributed by atoms with van der Waals surface area (Å²) < 4.78 is 0. The molecule has 0 saturated heterocycles. The molecule has 25 heavy (non-hydrogen) atoms. The number of amides is 2. The van der Waals surface area contributed by atoms with Gasteiger partial charge < -0.3 is 16.4 Å². The molecule has 0 aromatic heterocycles. The molecule has 1 aromatic carbocycles. The molecule has 0 bridgehead atoms. The minimum Gasteiger partial charge on any atom is -0.352 e. The van der Waals surface area contributed by atoms with Crippen molar-refractivity contribution in [2.45, 2.75) is 64.5 Å². The Morgan fingerprint density at radius 2 is 1.92 bits per heavy atom. The first-order valence-electron chi connectivity index (χ1n) is 8.88. The molecule has 6 heteroatoms. The first kappa shape index (κ1) is 21.5. The zero-order valence-corrected chi connectivity index (χ0v) is 16.0. The number of benzene rings is 1. The van der Waals surface area contributed by atoms with Gasteiger partial charge in [-0.2, -0.15) is 0 Å². The average Bonchev–Trinajstić information content (AvgIpc) is 2.53. The summed E-state index contributed by atoms with van der Waals surface area (Å²) in [5.74, 6) is -0.0445. The van der Waals surface area contributed by atoms with Crippen LogP contribution in [-0.2, 0) is 16.1 Å². The monoisotopic (exact) mass is 367 g/mol. The summed E-state index contributed by atoms with van der Waals surface area (Å²) in [6, 6.07) is 7.57. The highest BCUT2D eigenvalue weighted by molar-refractivity contribution is 5.90. The molecule has 4 N–H and O–H groups in total. The molecule has 0 aliphatic heterocycles. The van der Waals surface area contributed by atoms with Gasteiger partial charge in [0.1, 0.15) is 0 Å². The van der Waals surface area contributed by atoms with Crippen molar-refractivity contribution >= 4 is 29.9 Å². The van der Waals surface area contributed by atoms with E-state index in [4.69, 9.17) is 5.73 Å². The Bertz CT molecular complexity index is 573. The SMILES string of the molecule is CCCC(=O)Nc1ccc(CNC(=O)C2CCCCC2(C)N)cc1.Cl. The van der Waals surface area contributed by atoms with E-state index in [1.807, 2.05) is 38.1 Å². The fraction of sp³-hybridized carbons (Fsp3) is 0.579. The molecule has 1 saturated carbocycles. The van der Waals surface area contributed by atoms with Gasteiger partial charge in [0, 0.05) is 24.2 Å². The van der Waals surface area contributed by atoms with Gasteiger partial charge in [-0.1, -0.05) is 31.9 Å². The Hall–Kier alpha value is -1.59. The lowest BCUT2D eigenvalue weighted by atomic mass is 9.74. The number of carbonyl (C=O) groups excluding carboxylic acids is 2. The summed E-state index contributed by atoms with van der Waals surface area (Å²) in [6.07, 6.45) is 5.28. The van der Waals surface area contributed by atoms with Gasteiger partial charge in [-0.05, 0) is 43.9 Å². The number of nitrogens with two attached hydrogens (primary N) is 1. The standard InChI is InChI=1S/C19H29N3O2.ClH/c1-3-6-17(23)22-15-10-8-14(9-11-15)13-21-18(24)16-7-4-5-12-19(16,2)20;/h8-11,16H,3-7,12-13,20H2,1-2H3,(H,21,24)(H,22,23);1H. The van der Waals surface area contributed by atoms with Gasteiger partial charge in [-0.3, -0.25) is 9.59 Å². The topological polar surface area (TPSA) is 84.2 Å². The predicted octanol–water partition coefficient (Wildman–Crippen LogP) is 3.37. The van der Waals surface area contributed by atoms with Crippen molar-refractivity contribution in [3.8, 4) is 0 Å². The quantitative estimate of drug-likeness (QED) is 0.720. The molecule has 2 amide bonds. The summed E-state index contributed by atoms with van der Waals surface area (Å²) in [4.78, 5) is 24.0. The molecule has 140 valence electrons. The molecular weight excluding hydrogens is 338 g/mol. The zero-order valence-electron chi connectivity index (χ0n) is 15.1. The third-order valence-electron chi connectivity index (χ3n) is 4.75. The van der Waals surface area contributed by atoms with Crippen LogP contribution in [0.25, 0.3) is 0 Å². The summed E-state index contributed by atoms with van der Waals surface area (Å²) in [5.41, 5.74) is 7.66. The lowest BCUT2D eigenvalue weighted by Gasteiger charge is -2.37. The Labute approximate surface area is 156 Å². The van der Waals surface area contributed by atoms with Crippen LogP contribution in [0.1, 0.15) is 57.9 Å². The maximum atomic E-state index is 12.4. The molecule has 0 heterocycles. The second-order valence-corrected chi connectivity index (χ2v) is 7.02. The van der Waals surface area contributed by atoms with Gasteiger partial charge in [0.25, 0.3) is 0 Å². The first-order valence-corrected chi connectivity index (χ1v) is 8.88. The van der Waals surface area contributed by atoms with E-state index in [2.05, 4.69) is 10.6 Å². The molecule has 1 aliphatic rings. The highest BCUT2D eigenvalue weighted by atomic mass is 35.5. The number of halogens is 1. The average molecular weight is 368 g/mol. The molecule has 1 aliphatic carbocycles. The van der Waals surface area contributed by atoms with Crippen molar-refractivity contribution in [3.05, 3.63) is 29.8 Å². The van der Waals surface area contributed by atoms with Gasteiger partial charge in [-0.25, -0.2) is 0 Å². The van der Waals surface area contributed by atoms with Crippen molar-refractivity contribution in [2.75, 3.05) is 5.32 Å². The number of carbonyl (C=O) groups is 2. The first-order chi connectivity index (χ1) is 11.4. The van der Waals surface area contributed by atoms with Crippen LogP contribution >= 0.6 is 12.4 Å². The minimum absolute atomic E-state index is 0. The Morgan fingerprint density at radius 1 is 1.24 bits per heavy atom. The lowest BCUT2D eigenvalue weighted by molar-refractivity contribution is -0.128. The second-order valence-electron chi connectivity index (χ2n) is 7.02. The van der Waals surface area contributed by atoms with Gasteiger partial charge in [0.05, 0.1) is 5.92 Å². The molecular formula is C19H30ClN3O2. The van der Waals surface area contributed by atoms with Crippen LogP contribution in [-0.4, -0.2) is 17.4 Å². The van der Waals surface area contributed by atoms with Crippen LogP contribution in [0, 0.1) is 5.92 Å². The van der Waals surface area contributed by atoms with Crippen molar-refractivity contribution in [3.63, 3.8) is 0 Å². The van der Waals surface area contributed by atoms with Crippen molar-refractivity contribution < 1.29 is 9.59 Å². The third-order valence-corrected chi connectivity index (χ3v) is 4.75. The van der Waals surface area contributed by atoms with E-state index in [1.54, 1.807) is 0 Å². The minimum atomic E-state index is -0.407. The highest BCUT2D eigenvalue weighted by Crippen LogP contribution is 2.31. The number of hydrogen-bond donors (Lipinski definition) is 3. The van der Waals surface area contributed by atoms with Gasteiger partial charge >= 0.3 is 0 Å². The highest BCUT2D eigenvalue weighted by Gasteiger charge is 2.37. The van der Waals surface area contributed by atoms with E-state index in [-0.39, 0.29) is 30.1 Å². The molecule has 2 unspecified atom stereocenters. The smallest absolute Gasteiger partial charge is 0.225 e. The van der Waals surface area contributed by atoms with E-state index in [1.165, 1.54) is 0 Å². The van der Waals surface area contributed by atoms with E-state index >= 15 is 0 Å². The van der Waals surface area contributed by atoms with Crippen LogP contribution < -0.4 is 16.4 Å². The molecule has 0 radical (unpaired) electrons. The second kappa shape index (κ2) is 9.78. The molecule has 1 aromatic rings. The summed E-state index contributed by atoms with van der Waals surface area (Å²) in [5, 5.41) is 5.85. The molecule has 0 spiro atoms. The fourth-order valence-electron chi connectivity index (χ4n) is 3.26. The number of nitrogens with one attached hydrogen (secondary N) is 2. The number of hydrogen-bond acceptors (Lipinski definition) is 3. The van der Waals surface area contributed by atoms with Crippen LogP contribution in [0.5, 0.6) is 0 Å². The fourth-order valence-corrected chi connectivity index (χ4v) is 3.26. The normalized spacial score (nSPS) is 22.6.